The van der Waals surface area contributed by atoms with Crippen LogP contribution in [0.25, 0.3) is 0 Å². The molecule has 1 saturated carbocycles. The molecule has 2 fully saturated rings. The lowest BCUT2D eigenvalue weighted by Gasteiger charge is -2.45. The first-order valence-corrected chi connectivity index (χ1v) is 8.43. The Balaban J connectivity index is 1.87. The molecule has 0 aromatic heterocycles. The van der Waals surface area contributed by atoms with E-state index in [4.69, 9.17) is 4.74 Å². The normalized spacial score (nSPS) is 23.3. The number of nitrogens with one attached hydrogen (secondary N) is 1. The third-order valence-corrected chi connectivity index (χ3v) is 4.93. The van der Waals surface area contributed by atoms with Crippen molar-refractivity contribution in [2.45, 2.75) is 44.2 Å². The van der Waals surface area contributed by atoms with Crippen LogP contribution >= 0.6 is 0 Å². The molecule has 1 aliphatic carbocycles. The summed E-state index contributed by atoms with van der Waals surface area (Å²) in [5, 5.41) is 3.48. The van der Waals surface area contributed by atoms with Crippen LogP contribution in [0, 0.1) is 0 Å². The topological polar surface area (TPSA) is 58.6 Å². The van der Waals surface area contributed by atoms with Crippen molar-refractivity contribution in [3.8, 4) is 0 Å². The maximum atomic E-state index is 13.1. The van der Waals surface area contributed by atoms with Gasteiger partial charge < -0.3 is 15.0 Å². The molecule has 1 aromatic carbocycles. The predicted octanol–water partition coefficient (Wildman–Crippen LogP) is 2.04. The van der Waals surface area contributed by atoms with E-state index in [0.717, 1.165) is 31.2 Å². The molecule has 0 unspecified atom stereocenters. The van der Waals surface area contributed by atoms with Gasteiger partial charge in [0.25, 0.3) is 0 Å². The van der Waals surface area contributed by atoms with Gasteiger partial charge in [0.1, 0.15) is 6.54 Å². The van der Waals surface area contributed by atoms with Crippen LogP contribution in [0.15, 0.2) is 30.3 Å². The van der Waals surface area contributed by atoms with Crippen molar-refractivity contribution in [2.75, 3.05) is 19.7 Å². The molecule has 1 amide bonds. The summed E-state index contributed by atoms with van der Waals surface area (Å²) in [5.74, 6) is -0.292. The van der Waals surface area contributed by atoms with Gasteiger partial charge in [-0.15, -0.1) is 0 Å². The SMILES string of the molecule is CCOC(=O)CN1C(=O)C2(CCCC2)NC[C@@H]1c1ccccc1. The molecule has 1 heterocycles. The second-order valence-electron chi connectivity index (χ2n) is 6.33. The molecule has 3 rings (SSSR count). The average molecular weight is 316 g/mol. The van der Waals surface area contributed by atoms with Gasteiger partial charge in [-0.25, -0.2) is 0 Å². The third-order valence-electron chi connectivity index (χ3n) is 4.93. The monoisotopic (exact) mass is 316 g/mol. The molecule has 2 aliphatic rings. The Labute approximate surface area is 137 Å². The number of carbonyl (C=O) groups excluding carboxylic acids is 2. The summed E-state index contributed by atoms with van der Waals surface area (Å²) in [4.78, 5) is 26.8. The summed E-state index contributed by atoms with van der Waals surface area (Å²) in [6, 6.07) is 9.76. The Morgan fingerprint density at radius 3 is 2.65 bits per heavy atom. The molecular weight excluding hydrogens is 292 g/mol. The standard InChI is InChI=1S/C18H24N2O3/c1-2-23-16(21)13-20-15(14-8-4-3-5-9-14)12-19-18(17(20)22)10-6-7-11-18/h3-5,8-9,15,19H,2,6-7,10-13H2,1H3/t15-/m1/s1. The fourth-order valence-electron chi connectivity index (χ4n) is 3.76. The zero-order valence-corrected chi connectivity index (χ0v) is 13.6. The summed E-state index contributed by atoms with van der Waals surface area (Å²) < 4.78 is 5.08. The second kappa shape index (κ2) is 6.71. The molecular formula is C18H24N2O3. The van der Waals surface area contributed by atoms with E-state index >= 15 is 0 Å². The Morgan fingerprint density at radius 1 is 1.30 bits per heavy atom. The first kappa shape index (κ1) is 16.0. The molecule has 5 heteroatoms. The van der Waals surface area contributed by atoms with Crippen LogP contribution < -0.4 is 5.32 Å². The molecule has 1 aromatic rings. The van der Waals surface area contributed by atoms with Crippen molar-refractivity contribution >= 4 is 11.9 Å². The first-order chi connectivity index (χ1) is 11.2. The summed E-state index contributed by atoms with van der Waals surface area (Å²) >= 11 is 0. The van der Waals surface area contributed by atoms with E-state index in [-0.39, 0.29) is 24.5 Å². The van der Waals surface area contributed by atoms with Gasteiger partial charge in [-0.3, -0.25) is 9.59 Å². The quantitative estimate of drug-likeness (QED) is 0.864. The van der Waals surface area contributed by atoms with E-state index in [1.54, 1.807) is 11.8 Å². The number of benzene rings is 1. The molecule has 5 nitrogen and oxygen atoms in total. The van der Waals surface area contributed by atoms with Crippen molar-refractivity contribution in [2.24, 2.45) is 0 Å². The first-order valence-electron chi connectivity index (χ1n) is 8.43. The molecule has 1 aliphatic heterocycles. The molecule has 1 saturated heterocycles. The zero-order valence-electron chi connectivity index (χ0n) is 13.6. The minimum atomic E-state index is -0.474. The van der Waals surface area contributed by atoms with Crippen LogP contribution in [-0.2, 0) is 14.3 Å². The number of ether oxygens (including phenoxy) is 1. The lowest BCUT2D eigenvalue weighted by molar-refractivity contribution is -0.156. The van der Waals surface area contributed by atoms with Crippen LogP contribution in [0.2, 0.25) is 0 Å². The fraction of sp³-hybridized carbons (Fsp3) is 0.556. The van der Waals surface area contributed by atoms with Crippen molar-refractivity contribution in [3.63, 3.8) is 0 Å². The zero-order chi connectivity index (χ0) is 16.3. The van der Waals surface area contributed by atoms with Crippen molar-refractivity contribution in [1.29, 1.82) is 0 Å². The van der Waals surface area contributed by atoms with E-state index in [1.165, 1.54) is 0 Å². The number of hydrogen-bond acceptors (Lipinski definition) is 4. The van der Waals surface area contributed by atoms with Gasteiger partial charge in [-0.1, -0.05) is 43.2 Å². The Morgan fingerprint density at radius 2 is 2.00 bits per heavy atom. The van der Waals surface area contributed by atoms with Crippen LogP contribution in [0.4, 0.5) is 0 Å². The van der Waals surface area contributed by atoms with Crippen LogP contribution in [0.1, 0.15) is 44.2 Å². The van der Waals surface area contributed by atoms with Crippen LogP contribution in [0.3, 0.4) is 0 Å². The Bertz CT molecular complexity index is 567. The average Bonchev–Trinajstić information content (AvgIpc) is 3.03. The minimum Gasteiger partial charge on any atom is -0.465 e. The molecule has 124 valence electrons. The van der Waals surface area contributed by atoms with Gasteiger partial charge in [-0.05, 0) is 25.3 Å². The lowest BCUT2D eigenvalue weighted by Crippen LogP contribution is -2.64. The van der Waals surface area contributed by atoms with Crippen LogP contribution in [0.5, 0.6) is 0 Å². The van der Waals surface area contributed by atoms with E-state index in [2.05, 4.69) is 5.32 Å². The molecule has 0 bridgehead atoms. The Hall–Kier alpha value is -1.88. The number of rotatable bonds is 4. The number of hydrogen-bond donors (Lipinski definition) is 1. The fourth-order valence-corrected chi connectivity index (χ4v) is 3.76. The molecule has 1 atom stereocenters. The molecule has 1 N–H and O–H groups in total. The van der Waals surface area contributed by atoms with Gasteiger partial charge in [0.15, 0.2) is 0 Å². The third kappa shape index (κ3) is 3.11. The number of esters is 1. The van der Waals surface area contributed by atoms with E-state index in [0.29, 0.717) is 13.2 Å². The minimum absolute atomic E-state index is 0.0235. The van der Waals surface area contributed by atoms with E-state index < -0.39 is 5.54 Å². The van der Waals surface area contributed by atoms with Gasteiger partial charge in [0.2, 0.25) is 5.91 Å². The van der Waals surface area contributed by atoms with Gasteiger partial charge in [0.05, 0.1) is 18.2 Å². The summed E-state index contributed by atoms with van der Waals surface area (Å²) in [6.45, 7) is 2.82. The number of carbonyl (C=O) groups is 2. The second-order valence-corrected chi connectivity index (χ2v) is 6.33. The number of nitrogens with zero attached hydrogens (tertiary/aromatic N) is 1. The number of piperazine rings is 1. The smallest absolute Gasteiger partial charge is 0.325 e. The highest BCUT2D eigenvalue weighted by molar-refractivity contribution is 5.90. The summed E-state index contributed by atoms with van der Waals surface area (Å²) in [6.07, 6.45) is 3.82. The van der Waals surface area contributed by atoms with Crippen molar-refractivity contribution in [1.82, 2.24) is 10.2 Å². The van der Waals surface area contributed by atoms with Gasteiger partial charge in [0, 0.05) is 6.54 Å². The maximum Gasteiger partial charge on any atom is 0.325 e. The lowest BCUT2D eigenvalue weighted by atomic mass is 9.89. The maximum absolute atomic E-state index is 13.1. The van der Waals surface area contributed by atoms with Crippen molar-refractivity contribution < 1.29 is 14.3 Å². The van der Waals surface area contributed by atoms with E-state index in [9.17, 15) is 9.59 Å². The highest BCUT2D eigenvalue weighted by atomic mass is 16.5. The molecule has 0 radical (unpaired) electrons. The Kier molecular flexibility index (Phi) is 4.66. The highest BCUT2D eigenvalue weighted by Crippen LogP contribution is 2.37. The van der Waals surface area contributed by atoms with Gasteiger partial charge >= 0.3 is 5.97 Å². The van der Waals surface area contributed by atoms with Crippen molar-refractivity contribution in [3.05, 3.63) is 35.9 Å². The highest BCUT2D eigenvalue weighted by Gasteiger charge is 2.49. The predicted molar refractivity (Wildman–Crippen MR) is 86.7 cm³/mol. The molecule has 1 spiro atoms. The van der Waals surface area contributed by atoms with Gasteiger partial charge in [-0.2, -0.15) is 0 Å². The molecule has 23 heavy (non-hydrogen) atoms. The summed E-state index contributed by atoms with van der Waals surface area (Å²) in [7, 11) is 0. The largest absolute Gasteiger partial charge is 0.465 e. The number of amides is 1. The van der Waals surface area contributed by atoms with E-state index in [1.807, 2.05) is 30.3 Å². The van der Waals surface area contributed by atoms with Crippen LogP contribution in [-0.4, -0.2) is 42.0 Å². The summed E-state index contributed by atoms with van der Waals surface area (Å²) in [5.41, 5.74) is 0.572.